The van der Waals surface area contributed by atoms with Crippen LogP contribution in [0.2, 0.25) is 0 Å². The highest BCUT2D eigenvalue weighted by atomic mass is 16.2. The van der Waals surface area contributed by atoms with Gasteiger partial charge in [0.15, 0.2) is 0 Å². The van der Waals surface area contributed by atoms with Crippen LogP contribution in [0.25, 0.3) is 0 Å². The van der Waals surface area contributed by atoms with Crippen molar-refractivity contribution in [2.24, 2.45) is 13.0 Å². The van der Waals surface area contributed by atoms with Crippen molar-refractivity contribution >= 4 is 23.3 Å². The number of aromatic nitrogens is 2. The Bertz CT molecular complexity index is 811. The van der Waals surface area contributed by atoms with E-state index in [9.17, 15) is 9.59 Å². The predicted molar refractivity (Wildman–Crippen MR) is 94.3 cm³/mol. The van der Waals surface area contributed by atoms with Crippen LogP contribution in [0.4, 0.5) is 16.2 Å². The molecule has 2 unspecified atom stereocenters. The number of amides is 3. The lowest BCUT2D eigenvalue weighted by atomic mass is 10.2. The molecule has 0 saturated heterocycles. The Morgan fingerprint density at radius 1 is 1.20 bits per heavy atom. The quantitative estimate of drug-likeness (QED) is 0.782. The molecule has 4 rings (SSSR count). The summed E-state index contributed by atoms with van der Waals surface area (Å²) in [6.45, 7) is 0. The van der Waals surface area contributed by atoms with Gasteiger partial charge in [-0.25, -0.2) is 4.79 Å². The van der Waals surface area contributed by atoms with Crippen molar-refractivity contribution in [3.05, 3.63) is 42.2 Å². The van der Waals surface area contributed by atoms with Crippen LogP contribution in [0.1, 0.15) is 30.7 Å². The van der Waals surface area contributed by atoms with E-state index in [1.54, 1.807) is 16.8 Å². The summed E-state index contributed by atoms with van der Waals surface area (Å²) in [6, 6.07) is 7.31. The molecule has 2 aliphatic carbocycles. The van der Waals surface area contributed by atoms with Crippen LogP contribution >= 0.6 is 0 Å². The second kappa shape index (κ2) is 6.23. The number of urea groups is 1. The normalized spacial score (nSPS) is 21.5. The molecule has 2 fully saturated rings. The van der Waals surface area contributed by atoms with Crippen molar-refractivity contribution in [3.8, 4) is 0 Å². The summed E-state index contributed by atoms with van der Waals surface area (Å²) in [7, 11) is 1.87. The first kappa shape index (κ1) is 15.7. The lowest BCUT2D eigenvalue weighted by Gasteiger charge is -2.09. The van der Waals surface area contributed by atoms with Crippen LogP contribution < -0.4 is 16.0 Å². The number of anilines is 2. The topological polar surface area (TPSA) is 88.0 Å². The minimum atomic E-state index is -0.204. The number of aryl methyl sites for hydroxylation is 1. The fourth-order valence-electron chi connectivity index (χ4n) is 2.97. The second-order valence-electron chi connectivity index (χ2n) is 6.84. The monoisotopic (exact) mass is 339 g/mol. The Morgan fingerprint density at radius 2 is 1.96 bits per heavy atom. The molecule has 0 aliphatic heterocycles. The third-order valence-corrected chi connectivity index (χ3v) is 4.58. The van der Waals surface area contributed by atoms with E-state index in [4.69, 9.17) is 0 Å². The molecule has 25 heavy (non-hydrogen) atoms. The molecule has 1 heterocycles. The van der Waals surface area contributed by atoms with E-state index >= 15 is 0 Å². The zero-order valence-corrected chi connectivity index (χ0v) is 14.0. The van der Waals surface area contributed by atoms with Crippen molar-refractivity contribution in [1.29, 1.82) is 0 Å². The smallest absolute Gasteiger partial charge is 0.319 e. The van der Waals surface area contributed by atoms with Crippen molar-refractivity contribution in [2.45, 2.75) is 31.2 Å². The first-order valence-electron chi connectivity index (χ1n) is 8.55. The van der Waals surface area contributed by atoms with Crippen LogP contribution in [-0.2, 0) is 11.8 Å². The highest BCUT2D eigenvalue weighted by molar-refractivity contribution is 5.96. The average molecular weight is 339 g/mol. The van der Waals surface area contributed by atoms with Crippen LogP contribution in [0.3, 0.4) is 0 Å². The Morgan fingerprint density at radius 3 is 2.64 bits per heavy atom. The fraction of sp³-hybridized carbons (Fsp3) is 0.389. The van der Waals surface area contributed by atoms with E-state index in [-0.39, 0.29) is 23.8 Å². The lowest BCUT2D eigenvalue weighted by molar-refractivity contribution is -0.117. The molecule has 2 saturated carbocycles. The van der Waals surface area contributed by atoms with Gasteiger partial charge in [-0.05, 0) is 48.9 Å². The predicted octanol–water partition coefficient (Wildman–Crippen LogP) is 2.45. The highest BCUT2D eigenvalue weighted by Crippen LogP contribution is 2.47. The number of carbonyl (C=O) groups is 2. The summed E-state index contributed by atoms with van der Waals surface area (Å²) in [4.78, 5) is 24.2. The van der Waals surface area contributed by atoms with E-state index in [0.717, 1.165) is 24.8 Å². The SMILES string of the molecule is Cn1cc(C2CC2C(=O)Nc2cccc(NC(=O)NC3CC3)c2)cn1. The molecule has 0 bridgehead atoms. The second-order valence-corrected chi connectivity index (χ2v) is 6.84. The van der Waals surface area contributed by atoms with E-state index in [1.807, 2.05) is 31.6 Å². The minimum absolute atomic E-state index is 0.00781. The molecule has 2 atom stereocenters. The molecule has 3 N–H and O–H groups in total. The molecule has 2 aliphatic rings. The van der Waals surface area contributed by atoms with Crippen LogP contribution in [0.5, 0.6) is 0 Å². The van der Waals surface area contributed by atoms with Crippen molar-refractivity contribution in [2.75, 3.05) is 10.6 Å². The van der Waals surface area contributed by atoms with Gasteiger partial charge in [0.2, 0.25) is 5.91 Å². The number of carbonyl (C=O) groups excluding carboxylic acids is 2. The molecule has 0 radical (unpaired) electrons. The van der Waals surface area contributed by atoms with Crippen LogP contribution in [-0.4, -0.2) is 27.8 Å². The Balaban J connectivity index is 1.33. The number of benzene rings is 1. The number of hydrogen-bond donors (Lipinski definition) is 3. The summed E-state index contributed by atoms with van der Waals surface area (Å²) >= 11 is 0. The lowest BCUT2D eigenvalue weighted by Crippen LogP contribution is -2.30. The van der Waals surface area contributed by atoms with Crippen molar-refractivity contribution in [1.82, 2.24) is 15.1 Å². The molecule has 3 amide bonds. The molecule has 7 nitrogen and oxygen atoms in total. The van der Waals surface area contributed by atoms with Gasteiger partial charge < -0.3 is 16.0 Å². The maximum atomic E-state index is 12.4. The Hall–Kier alpha value is -2.83. The maximum Gasteiger partial charge on any atom is 0.319 e. The number of nitrogens with one attached hydrogen (secondary N) is 3. The molecule has 130 valence electrons. The van der Waals surface area contributed by atoms with Crippen LogP contribution in [0.15, 0.2) is 36.7 Å². The van der Waals surface area contributed by atoms with E-state index < -0.39 is 0 Å². The van der Waals surface area contributed by atoms with Gasteiger partial charge in [0.05, 0.1) is 6.20 Å². The van der Waals surface area contributed by atoms with E-state index in [2.05, 4.69) is 21.0 Å². The summed E-state index contributed by atoms with van der Waals surface area (Å²) in [5.41, 5.74) is 2.46. The summed E-state index contributed by atoms with van der Waals surface area (Å²) in [5.74, 6) is 0.242. The van der Waals surface area contributed by atoms with E-state index in [1.165, 1.54) is 0 Å². The third kappa shape index (κ3) is 3.81. The fourth-order valence-corrected chi connectivity index (χ4v) is 2.97. The minimum Gasteiger partial charge on any atom is -0.335 e. The van der Waals surface area contributed by atoms with Gasteiger partial charge in [-0.3, -0.25) is 9.48 Å². The number of rotatable bonds is 5. The van der Waals surface area contributed by atoms with Gasteiger partial charge in [0.1, 0.15) is 0 Å². The standard InChI is InChI=1S/C18H21N5O2/c1-23-10-11(9-19-23)15-8-16(15)17(24)20-13-3-2-4-14(7-13)22-18(25)21-12-5-6-12/h2-4,7,9-10,12,15-16H,5-6,8H2,1H3,(H,20,24)(H2,21,22,25). The number of nitrogens with zero attached hydrogens (tertiary/aromatic N) is 2. The maximum absolute atomic E-state index is 12.4. The zero-order valence-electron chi connectivity index (χ0n) is 14.0. The molecule has 1 aromatic heterocycles. The van der Waals surface area contributed by atoms with Crippen molar-refractivity contribution < 1.29 is 9.59 Å². The largest absolute Gasteiger partial charge is 0.335 e. The molecule has 1 aromatic carbocycles. The zero-order chi connectivity index (χ0) is 17.4. The van der Waals surface area contributed by atoms with Gasteiger partial charge in [0, 0.05) is 36.6 Å². The third-order valence-electron chi connectivity index (χ3n) is 4.58. The molecule has 7 heteroatoms. The van der Waals surface area contributed by atoms with Gasteiger partial charge in [-0.2, -0.15) is 5.10 Å². The first-order chi connectivity index (χ1) is 12.1. The van der Waals surface area contributed by atoms with Gasteiger partial charge in [0.25, 0.3) is 0 Å². The first-order valence-corrected chi connectivity index (χ1v) is 8.55. The van der Waals surface area contributed by atoms with Gasteiger partial charge >= 0.3 is 6.03 Å². The van der Waals surface area contributed by atoms with Gasteiger partial charge in [-0.15, -0.1) is 0 Å². The molecular weight excluding hydrogens is 318 g/mol. The summed E-state index contributed by atoms with van der Waals surface area (Å²) in [6.07, 6.45) is 6.72. The van der Waals surface area contributed by atoms with Crippen molar-refractivity contribution in [3.63, 3.8) is 0 Å². The van der Waals surface area contributed by atoms with E-state index in [0.29, 0.717) is 17.4 Å². The molecule has 0 spiro atoms. The summed E-state index contributed by atoms with van der Waals surface area (Å²) in [5, 5.41) is 12.8. The average Bonchev–Trinajstić information content (AvgIpc) is 3.48. The number of hydrogen-bond acceptors (Lipinski definition) is 3. The van der Waals surface area contributed by atoms with Crippen LogP contribution in [0, 0.1) is 5.92 Å². The summed E-state index contributed by atoms with van der Waals surface area (Å²) < 4.78 is 1.75. The Kier molecular flexibility index (Phi) is 3.91. The van der Waals surface area contributed by atoms with Gasteiger partial charge in [-0.1, -0.05) is 6.07 Å². The highest BCUT2D eigenvalue weighted by Gasteiger charge is 2.44. The Labute approximate surface area is 145 Å². The molecular formula is C18H21N5O2. The molecule has 2 aromatic rings.